The zero-order valence-corrected chi connectivity index (χ0v) is 11.8. The monoisotopic (exact) mass is 307 g/mol. The first kappa shape index (κ1) is 13.7. The topological polar surface area (TPSA) is 101 Å². The summed E-state index contributed by atoms with van der Waals surface area (Å²) in [7, 11) is 0. The van der Waals surface area contributed by atoms with Gasteiger partial charge in [0.2, 0.25) is 0 Å². The van der Waals surface area contributed by atoms with E-state index in [1.807, 2.05) is 0 Å². The minimum Gasteiger partial charge on any atom is -0.481 e. The van der Waals surface area contributed by atoms with Gasteiger partial charge in [-0.2, -0.15) is 0 Å². The zero-order valence-electron chi connectivity index (χ0n) is 11.0. The summed E-state index contributed by atoms with van der Waals surface area (Å²) in [5.74, 6) is -1.76. The van der Waals surface area contributed by atoms with E-state index in [4.69, 9.17) is 5.11 Å². The second-order valence-electron chi connectivity index (χ2n) is 5.05. The predicted molar refractivity (Wildman–Crippen MR) is 75.6 cm³/mol. The Labute approximate surface area is 123 Å². The van der Waals surface area contributed by atoms with E-state index in [2.05, 4.69) is 10.3 Å². The van der Waals surface area contributed by atoms with Crippen LogP contribution in [0.1, 0.15) is 29.6 Å². The molecule has 110 valence electrons. The smallest absolute Gasteiger partial charge is 0.306 e. The number of hydrogen-bond donors (Lipinski definition) is 2. The molecule has 1 saturated carbocycles. The highest BCUT2D eigenvalue weighted by Crippen LogP contribution is 2.25. The third-order valence-corrected chi connectivity index (χ3v) is 4.48. The van der Waals surface area contributed by atoms with E-state index in [9.17, 15) is 14.4 Å². The van der Waals surface area contributed by atoms with Crippen molar-refractivity contribution in [1.29, 1.82) is 0 Å². The normalized spacial score (nSPS) is 21.5. The van der Waals surface area contributed by atoms with Crippen molar-refractivity contribution >= 4 is 28.2 Å². The van der Waals surface area contributed by atoms with Crippen LogP contribution in [0.5, 0.6) is 0 Å². The van der Waals surface area contributed by atoms with Gasteiger partial charge in [-0.25, -0.2) is 4.98 Å². The molecule has 0 aromatic carbocycles. The van der Waals surface area contributed by atoms with E-state index in [-0.39, 0.29) is 11.6 Å². The van der Waals surface area contributed by atoms with Gasteiger partial charge < -0.3 is 10.4 Å². The molecular formula is C13H13N3O4S. The Kier molecular flexibility index (Phi) is 3.46. The predicted octanol–water partition coefficient (Wildman–Crippen LogP) is 0.739. The fraction of sp³-hybridized carbons (Fsp3) is 0.385. The molecule has 21 heavy (non-hydrogen) atoms. The van der Waals surface area contributed by atoms with Crippen LogP contribution in [0.15, 0.2) is 22.6 Å². The molecule has 0 radical (unpaired) electrons. The highest BCUT2D eigenvalue weighted by Gasteiger charge is 2.31. The van der Waals surface area contributed by atoms with Crippen LogP contribution in [0.2, 0.25) is 0 Å². The summed E-state index contributed by atoms with van der Waals surface area (Å²) in [4.78, 5) is 39.8. The zero-order chi connectivity index (χ0) is 15.0. The fourth-order valence-corrected chi connectivity index (χ4v) is 3.26. The number of aliphatic carboxylic acids is 1. The molecule has 0 aliphatic heterocycles. The number of carbonyl (C=O) groups excluding carboxylic acids is 1. The molecule has 0 saturated heterocycles. The molecular weight excluding hydrogens is 294 g/mol. The van der Waals surface area contributed by atoms with Crippen LogP contribution in [-0.4, -0.2) is 32.4 Å². The molecule has 1 amide bonds. The summed E-state index contributed by atoms with van der Waals surface area (Å²) in [6.07, 6.45) is 4.39. The lowest BCUT2D eigenvalue weighted by Gasteiger charge is -2.11. The van der Waals surface area contributed by atoms with Crippen LogP contribution >= 0.6 is 11.3 Å². The molecule has 2 N–H and O–H groups in total. The lowest BCUT2D eigenvalue weighted by Crippen LogP contribution is -2.37. The number of hydrogen-bond acceptors (Lipinski definition) is 5. The van der Waals surface area contributed by atoms with Crippen molar-refractivity contribution in [2.45, 2.75) is 25.3 Å². The molecule has 2 aromatic rings. The number of nitrogens with zero attached hydrogens (tertiary/aromatic N) is 2. The van der Waals surface area contributed by atoms with Crippen LogP contribution in [-0.2, 0) is 4.79 Å². The lowest BCUT2D eigenvalue weighted by atomic mass is 10.1. The highest BCUT2D eigenvalue weighted by atomic mass is 32.1. The van der Waals surface area contributed by atoms with E-state index in [1.165, 1.54) is 21.9 Å². The minimum absolute atomic E-state index is 0.0234. The van der Waals surface area contributed by atoms with Crippen molar-refractivity contribution in [3.8, 4) is 0 Å². The third-order valence-electron chi connectivity index (χ3n) is 3.70. The van der Waals surface area contributed by atoms with Gasteiger partial charge in [0, 0.05) is 23.8 Å². The number of rotatable bonds is 3. The summed E-state index contributed by atoms with van der Waals surface area (Å²) < 4.78 is 1.33. The van der Waals surface area contributed by atoms with E-state index in [0.29, 0.717) is 24.2 Å². The molecule has 2 heterocycles. The summed E-state index contributed by atoms with van der Waals surface area (Å²) in [6, 6.07) is -0.207. The summed E-state index contributed by atoms with van der Waals surface area (Å²) >= 11 is 1.31. The number of aromatic nitrogens is 2. The molecule has 1 aliphatic rings. The standard InChI is InChI=1S/C13H13N3O4S/c17-10(15-8-2-1-7(5-8)12(19)20)9-6-14-13-16(11(9)18)3-4-21-13/h3-4,6-8H,1-2,5H2,(H,15,17)(H,19,20)/t7-,8+/m1/s1. The summed E-state index contributed by atoms with van der Waals surface area (Å²) in [5, 5.41) is 13.4. The average Bonchev–Trinajstić information content (AvgIpc) is 3.07. The number of nitrogens with one attached hydrogen (secondary N) is 1. The number of carboxylic acid groups (broad SMARTS) is 1. The van der Waals surface area contributed by atoms with Crippen molar-refractivity contribution < 1.29 is 14.7 Å². The Balaban J connectivity index is 1.77. The van der Waals surface area contributed by atoms with E-state index in [1.54, 1.807) is 11.6 Å². The van der Waals surface area contributed by atoms with Gasteiger partial charge >= 0.3 is 5.97 Å². The van der Waals surface area contributed by atoms with E-state index in [0.717, 1.165) is 0 Å². The van der Waals surface area contributed by atoms with Crippen LogP contribution in [0.25, 0.3) is 4.96 Å². The first-order valence-electron chi connectivity index (χ1n) is 6.55. The maximum Gasteiger partial charge on any atom is 0.306 e. The molecule has 2 atom stereocenters. The second kappa shape index (κ2) is 5.28. The Morgan fingerprint density at radius 1 is 1.43 bits per heavy atom. The summed E-state index contributed by atoms with van der Waals surface area (Å²) in [6.45, 7) is 0. The highest BCUT2D eigenvalue weighted by molar-refractivity contribution is 7.15. The largest absolute Gasteiger partial charge is 0.481 e. The van der Waals surface area contributed by atoms with Crippen LogP contribution in [0.4, 0.5) is 0 Å². The maximum absolute atomic E-state index is 12.2. The fourth-order valence-electron chi connectivity index (χ4n) is 2.58. The third kappa shape index (κ3) is 2.54. The SMILES string of the molecule is O=C(N[C@H]1CC[C@@H](C(=O)O)C1)c1cnc2sccn2c1=O. The van der Waals surface area contributed by atoms with Crippen molar-refractivity contribution in [2.75, 3.05) is 0 Å². The Morgan fingerprint density at radius 2 is 2.24 bits per heavy atom. The van der Waals surface area contributed by atoms with Gasteiger partial charge in [-0.05, 0) is 19.3 Å². The molecule has 0 bridgehead atoms. The average molecular weight is 307 g/mol. The quantitative estimate of drug-likeness (QED) is 0.871. The van der Waals surface area contributed by atoms with E-state index < -0.39 is 23.4 Å². The van der Waals surface area contributed by atoms with Gasteiger partial charge in [0.15, 0.2) is 4.96 Å². The molecule has 0 spiro atoms. The molecule has 1 aliphatic carbocycles. The van der Waals surface area contributed by atoms with Crippen molar-refractivity contribution in [3.63, 3.8) is 0 Å². The number of carbonyl (C=O) groups is 2. The molecule has 1 fully saturated rings. The Morgan fingerprint density at radius 3 is 2.95 bits per heavy atom. The molecule has 2 aromatic heterocycles. The van der Waals surface area contributed by atoms with Gasteiger partial charge in [-0.15, -0.1) is 11.3 Å². The molecule has 7 nitrogen and oxygen atoms in total. The lowest BCUT2D eigenvalue weighted by molar-refractivity contribution is -0.141. The van der Waals surface area contributed by atoms with Crippen LogP contribution < -0.4 is 10.9 Å². The van der Waals surface area contributed by atoms with Crippen molar-refractivity contribution in [2.24, 2.45) is 5.92 Å². The van der Waals surface area contributed by atoms with E-state index >= 15 is 0 Å². The first-order valence-corrected chi connectivity index (χ1v) is 7.43. The second-order valence-corrected chi connectivity index (χ2v) is 5.92. The van der Waals surface area contributed by atoms with Crippen LogP contribution in [0, 0.1) is 5.92 Å². The maximum atomic E-state index is 12.2. The summed E-state index contributed by atoms with van der Waals surface area (Å²) in [5.41, 5.74) is -0.434. The number of amides is 1. The Bertz CT molecular complexity index is 766. The van der Waals surface area contributed by atoms with Crippen LogP contribution in [0.3, 0.4) is 0 Å². The minimum atomic E-state index is -0.840. The van der Waals surface area contributed by atoms with Gasteiger partial charge in [0.1, 0.15) is 5.56 Å². The molecule has 3 rings (SSSR count). The van der Waals surface area contributed by atoms with Gasteiger partial charge in [-0.1, -0.05) is 0 Å². The van der Waals surface area contributed by atoms with Gasteiger partial charge in [-0.3, -0.25) is 18.8 Å². The number of thiazole rings is 1. The number of carboxylic acids is 1. The Hall–Kier alpha value is -2.22. The number of fused-ring (bicyclic) bond motifs is 1. The molecule has 0 unspecified atom stereocenters. The van der Waals surface area contributed by atoms with Gasteiger partial charge in [0.25, 0.3) is 11.5 Å². The van der Waals surface area contributed by atoms with Gasteiger partial charge in [0.05, 0.1) is 5.92 Å². The van der Waals surface area contributed by atoms with Crippen molar-refractivity contribution in [3.05, 3.63) is 33.7 Å². The van der Waals surface area contributed by atoms with Crippen molar-refractivity contribution in [1.82, 2.24) is 14.7 Å². The first-order chi connectivity index (χ1) is 10.1. The molecule has 8 heteroatoms.